The Morgan fingerprint density at radius 3 is 2.51 bits per heavy atom. The van der Waals surface area contributed by atoms with Crippen LogP contribution in [0, 0.1) is 11.6 Å². The topological polar surface area (TPSA) is 84.6 Å². The van der Waals surface area contributed by atoms with Crippen LogP contribution in [-0.4, -0.2) is 26.0 Å². The number of phenols is 1. The Bertz CT molecular complexity index is 1440. The molecule has 5 rings (SSSR count). The second kappa shape index (κ2) is 10.2. The van der Waals surface area contributed by atoms with Crippen molar-refractivity contribution in [3.63, 3.8) is 0 Å². The van der Waals surface area contributed by atoms with Crippen LogP contribution in [0.25, 0.3) is 22.2 Å². The number of carboxylic acid groups (broad SMARTS) is 1. The average Bonchev–Trinajstić information content (AvgIpc) is 3.53. The number of rotatable bonds is 8. The third kappa shape index (κ3) is 5.14. The number of hydrogen-bond acceptors (Lipinski definition) is 4. The fourth-order valence-electron chi connectivity index (χ4n) is 5.06. The minimum atomic E-state index is -0.895. The lowest BCUT2D eigenvalue weighted by Gasteiger charge is -2.13. The molecule has 192 valence electrons. The molecule has 1 heterocycles. The minimum absolute atomic E-state index is 0.0123. The molecule has 0 saturated heterocycles. The van der Waals surface area contributed by atoms with Gasteiger partial charge in [-0.15, -0.1) is 0 Å². The largest absolute Gasteiger partial charge is 0.505 e. The molecule has 0 spiro atoms. The number of ether oxygens (including phenoxy) is 1. The van der Waals surface area contributed by atoms with Gasteiger partial charge in [-0.05, 0) is 54.2 Å². The third-order valence-electron chi connectivity index (χ3n) is 7.07. The van der Waals surface area contributed by atoms with Gasteiger partial charge in [0.1, 0.15) is 23.9 Å². The molecule has 0 bridgehead atoms. The summed E-state index contributed by atoms with van der Waals surface area (Å²) in [4.78, 5) is 11.0. The molecule has 1 saturated carbocycles. The maximum absolute atomic E-state index is 14.7. The lowest BCUT2D eigenvalue weighted by atomic mass is 9.98. The zero-order valence-corrected chi connectivity index (χ0v) is 20.5. The van der Waals surface area contributed by atoms with E-state index in [4.69, 9.17) is 14.9 Å². The van der Waals surface area contributed by atoms with E-state index in [2.05, 4.69) is 0 Å². The van der Waals surface area contributed by atoms with E-state index in [1.165, 1.54) is 0 Å². The number of fused-ring (bicyclic) bond motifs is 1. The van der Waals surface area contributed by atoms with Crippen molar-refractivity contribution in [2.24, 2.45) is 0 Å². The number of aromatic hydroxyl groups is 1. The van der Waals surface area contributed by atoms with Crippen LogP contribution in [0.15, 0.2) is 54.6 Å². The summed E-state index contributed by atoms with van der Waals surface area (Å²) >= 11 is 0. The molecule has 0 unspecified atom stereocenters. The van der Waals surface area contributed by atoms with Crippen molar-refractivity contribution in [2.75, 3.05) is 0 Å². The Hall–Kier alpha value is -3.94. The molecule has 1 fully saturated rings. The summed E-state index contributed by atoms with van der Waals surface area (Å²) < 4.78 is 36.7. The van der Waals surface area contributed by atoms with Crippen molar-refractivity contribution in [3.05, 3.63) is 77.4 Å². The highest BCUT2D eigenvalue weighted by Gasteiger charge is 2.24. The molecule has 1 atom stereocenters. The van der Waals surface area contributed by atoms with Gasteiger partial charge >= 0.3 is 5.97 Å². The van der Waals surface area contributed by atoms with Crippen LogP contribution in [-0.2, 0) is 11.4 Å². The highest BCUT2D eigenvalue weighted by molar-refractivity contribution is 5.94. The maximum atomic E-state index is 14.7. The van der Waals surface area contributed by atoms with Crippen LogP contribution < -0.4 is 4.74 Å². The molecule has 4 aromatic rings. The number of carbonyl (C=O) groups is 1. The number of aliphatic carboxylic acids is 1. The smallest absolute Gasteiger partial charge is 0.303 e. The first-order valence-corrected chi connectivity index (χ1v) is 12.4. The van der Waals surface area contributed by atoms with Crippen LogP contribution in [0.3, 0.4) is 0 Å². The van der Waals surface area contributed by atoms with Crippen molar-refractivity contribution in [3.8, 4) is 22.8 Å². The van der Waals surface area contributed by atoms with Gasteiger partial charge < -0.3 is 14.9 Å². The van der Waals surface area contributed by atoms with E-state index in [0.717, 1.165) is 54.5 Å². The zero-order valence-electron chi connectivity index (χ0n) is 20.5. The predicted octanol–water partition coefficient (Wildman–Crippen LogP) is 6.96. The Morgan fingerprint density at radius 2 is 1.81 bits per heavy atom. The summed E-state index contributed by atoms with van der Waals surface area (Å²) in [6, 6.07) is 15.1. The van der Waals surface area contributed by atoms with Crippen molar-refractivity contribution >= 4 is 16.9 Å². The van der Waals surface area contributed by atoms with Gasteiger partial charge in [-0.2, -0.15) is 5.10 Å². The highest BCUT2D eigenvalue weighted by Crippen LogP contribution is 2.38. The van der Waals surface area contributed by atoms with Gasteiger partial charge in [-0.3, -0.25) is 9.48 Å². The molecule has 2 N–H and O–H groups in total. The second-order valence-electron chi connectivity index (χ2n) is 9.72. The average molecular weight is 507 g/mol. The van der Waals surface area contributed by atoms with Crippen LogP contribution in [0.2, 0.25) is 0 Å². The normalized spacial score (nSPS) is 14.8. The van der Waals surface area contributed by atoms with E-state index in [1.54, 1.807) is 0 Å². The van der Waals surface area contributed by atoms with Gasteiger partial charge in [-0.25, -0.2) is 8.78 Å². The fraction of sp³-hybridized carbons (Fsp3) is 0.310. The summed E-state index contributed by atoms with van der Waals surface area (Å²) in [5, 5.41) is 24.0. The lowest BCUT2D eigenvalue weighted by Crippen LogP contribution is -2.07. The Kier molecular flexibility index (Phi) is 6.82. The molecule has 37 heavy (non-hydrogen) atoms. The van der Waals surface area contributed by atoms with E-state index in [9.17, 15) is 18.7 Å². The first-order chi connectivity index (χ1) is 17.8. The number of benzene rings is 3. The molecule has 1 aliphatic carbocycles. The van der Waals surface area contributed by atoms with E-state index >= 15 is 0 Å². The van der Waals surface area contributed by atoms with E-state index in [0.29, 0.717) is 23.4 Å². The number of halogens is 2. The van der Waals surface area contributed by atoms with Gasteiger partial charge in [0.25, 0.3) is 0 Å². The molecule has 1 aromatic heterocycles. The molecule has 0 amide bonds. The molecular weight excluding hydrogens is 478 g/mol. The molecule has 8 heteroatoms. The summed E-state index contributed by atoms with van der Waals surface area (Å²) in [5.74, 6) is -2.62. The molecule has 3 aromatic carbocycles. The Labute approximate surface area is 213 Å². The van der Waals surface area contributed by atoms with Crippen LogP contribution in [0.5, 0.6) is 11.5 Å². The number of hydrogen-bond donors (Lipinski definition) is 2. The minimum Gasteiger partial charge on any atom is -0.505 e. The van der Waals surface area contributed by atoms with Crippen LogP contribution in [0.1, 0.15) is 62.1 Å². The summed E-state index contributed by atoms with van der Waals surface area (Å²) in [5.41, 5.74) is 3.02. The standard InChI is InChI=1S/C29H28F2N2O4/c1-17(12-28(35)36)19-7-9-21(10-8-19)37-16-18-6-11-22-26(13-18)33(20-4-2-3-5-20)32-29(22)23-14-25(31)27(34)15-24(23)30/h6-11,13-15,17,20,34H,2-5,12,16H2,1H3,(H,35,36)/t17-/m0/s1. The summed E-state index contributed by atoms with van der Waals surface area (Å²) in [7, 11) is 0. The fourth-order valence-corrected chi connectivity index (χ4v) is 5.06. The molecular formula is C29H28F2N2O4. The molecule has 6 nitrogen and oxygen atoms in total. The van der Waals surface area contributed by atoms with Gasteiger partial charge in [0, 0.05) is 17.0 Å². The first-order valence-electron chi connectivity index (χ1n) is 12.4. The van der Waals surface area contributed by atoms with Crippen molar-refractivity contribution in [2.45, 2.75) is 57.6 Å². The summed E-state index contributed by atoms with van der Waals surface area (Å²) in [6.07, 6.45) is 4.18. The lowest BCUT2D eigenvalue weighted by molar-refractivity contribution is -0.137. The van der Waals surface area contributed by atoms with Gasteiger partial charge in [0.05, 0.1) is 18.0 Å². The number of nitrogens with zero attached hydrogens (tertiary/aromatic N) is 2. The molecule has 1 aliphatic rings. The van der Waals surface area contributed by atoms with Gasteiger partial charge in [0.15, 0.2) is 11.6 Å². The van der Waals surface area contributed by atoms with Crippen molar-refractivity contribution in [1.29, 1.82) is 0 Å². The van der Waals surface area contributed by atoms with E-state index in [-0.39, 0.29) is 23.9 Å². The van der Waals surface area contributed by atoms with Gasteiger partial charge in [-0.1, -0.05) is 44.0 Å². The molecule has 0 aliphatic heterocycles. The monoisotopic (exact) mass is 506 g/mol. The number of carboxylic acids is 1. The van der Waals surface area contributed by atoms with Crippen LogP contribution >= 0.6 is 0 Å². The Balaban J connectivity index is 1.43. The number of phenolic OH excluding ortho intramolecular Hbond substituents is 1. The maximum Gasteiger partial charge on any atom is 0.303 e. The summed E-state index contributed by atoms with van der Waals surface area (Å²) in [6.45, 7) is 2.17. The second-order valence-corrected chi connectivity index (χ2v) is 9.72. The van der Waals surface area contributed by atoms with Crippen LogP contribution in [0.4, 0.5) is 8.78 Å². The van der Waals surface area contributed by atoms with Crippen molar-refractivity contribution in [1.82, 2.24) is 9.78 Å². The SMILES string of the molecule is C[C@@H](CC(=O)O)c1ccc(OCc2ccc3c(-c4cc(F)c(O)cc4F)nn(C4CCCC4)c3c2)cc1. The number of aromatic nitrogens is 2. The van der Waals surface area contributed by atoms with E-state index in [1.807, 2.05) is 54.1 Å². The quantitative estimate of drug-likeness (QED) is 0.270. The molecule has 0 radical (unpaired) electrons. The first kappa shape index (κ1) is 24.7. The highest BCUT2D eigenvalue weighted by atomic mass is 19.1. The predicted molar refractivity (Wildman–Crippen MR) is 136 cm³/mol. The zero-order chi connectivity index (χ0) is 26.1. The van der Waals surface area contributed by atoms with E-state index < -0.39 is 23.4 Å². The van der Waals surface area contributed by atoms with Gasteiger partial charge in [0.2, 0.25) is 0 Å². The Morgan fingerprint density at radius 1 is 1.08 bits per heavy atom. The van der Waals surface area contributed by atoms with Crippen molar-refractivity contribution < 1.29 is 28.5 Å². The third-order valence-corrected chi connectivity index (χ3v) is 7.07.